The van der Waals surface area contributed by atoms with Gasteiger partial charge in [0.1, 0.15) is 101 Å². The summed E-state index contributed by atoms with van der Waals surface area (Å²) in [6.45, 7) is 0. The Hall–Kier alpha value is -6.76. The first-order chi connectivity index (χ1) is 32.9. The van der Waals surface area contributed by atoms with E-state index in [4.69, 9.17) is 16.7 Å². The van der Waals surface area contributed by atoms with E-state index in [1.807, 2.05) is 72.8 Å². The fraction of sp³-hybridized carbons (Fsp3) is 0. The smallest absolute Gasteiger partial charge is 0.295 e. The molecule has 0 atom stereocenters. The van der Waals surface area contributed by atoms with Gasteiger partial charge in [0.25, 0.3) is 20.2 Å². The second kappa shape index (κ2) is 22.4. The summed E-state index contributed by atoms with van der Waals surface area (Å²) in [6.07, 6.45) is 2.56. The largest absolute Gasteiger partial charge is 0.419 e. The zero-order valence-corrected chi connectivity index (χ0v) is 39.6. The highest BCUT2D eigenvalue weighted by Crippen LogP contribution is 2.33. The van der Waals surface area contributed by atoms with Crippen LogP contribution < -0.4 is 27.4 Å². The van der Waals surface area contributed by atoms with Crippen LogP contribution in [0.25, 0.3) is 12.2 Å². The van der Waals surface area contributed by atoms with Gasteiger partial charge in [0.2, 0.25) is 11.9 Å². The van der Waals surface area contributed by atoms with Crippen molar-refractivity contribution in [3.63, 3.8) is 0 Å². The van der Waals surface area contributed by atoms with Gasteiger partial charge in [-0.15, -0.1) is 0 Å². The van der Waals surface area contributed by atoms with Gasteiger partial charge in [-0.05, 0) is 83.9 Å². The van der Waals surface area contributed by atoms with E-state index < -0.39 is 30.0 Å². The number of hydrogen-bond donors (Lipinski definition) is 4. The quantitative estimate of drug-likeness (QED) is 0.0241. The van der Waals surface area contributed by atoms with Gasteiger partial charge in [0, 0.05) is 23.5 Å². The van der Waals surface area contributed by atoms with Gasteiger partial charge in [0.15, 0.2) is 0 Å². The Balaban J connectivity index is 1.03. The lowest BCUT2D eigenvalue weighted by Gasteiger charge is -2.12. The normalized spacial score (nSPS) is 11.5. The van der Waals surface area contributed by atoms with E-state index in [2.05, 4.69) is 30.6 Å². The molecule has 0 spiro atoms. The molecule has 68 heavy (non-hydrogen) atoms. The van der Waals surface area contributed by atoms with Gasteiger partial charge in [-0.25, -0.2) is 19.9 Å². The molecule has 2 aromatic heterocycles. The molecule has 0 bridgehead atoms. The molecule has 8 rings (SSSR count). The minimum absolute atomic E-state index is 0.0151. The lowest BCUT2D eigenvalue weighted by Crippen LogP contribution is -2.05. The molecular formula is C46H34N6O10S6. The van der Waals surface area contributed by atoms with Crippen molar-refractivity contribution >= 4 is 104 Å². The monoisotopic (exact) mass is 1020 g/mol. The van der Waals surface area contributed by atoms with E-state index in [9.17, 15) is 25.9 Å². The molecule has 4 N–H and O–H groups in total. The second-order valence-corrected chi connectivity index (χ2v) is 19.5. The maximum absolute atomic E-state index is 12.8. The van der Waals surface area contributed by atoms with E-state index in [-0.39, 0.29) is 34.4 Å². The zero-order valence-electron chi connectivity index (χ0n) is 34.7. The van der Waals surface area contributed by atoms with Crippen molar-refractivity contribution in [3.05, 3.63) is 181 Å². The van der Waals surface area contributed by atoms with E-state index in [0.717, 1.165) is 60.3 Å². The van der Waals surface area contributed by atoms with Crippen LogP contribution in [-0.4, -0.2) is 45.9 Å². The summed E-state index contributed by atoms with van der Waals surface area (Å²) in [6, 6.07) is 47.7. The van der Waals surface area contributed by atoms with Crippen molar-refractivity contribution in [2.24, 2.45) is 0 Å². The highest BCUT2D eigenvalue weighted by molar-refractivity contribution is 7.96. The Morgan fingerprint density at radius 2 is 0.676 bits per heavy atom. The van der Waals surface area contributed by atoms with Crippen molar-refractivity contribution in [1.82, 2.24) is 19.9 Å². The molecule has 344 valence electrons. The fourth-order valence-corrected chi connectivity index (χ4v) is 9.62. The summed E-state index contributed by atoms with van der Waals surface area (Å²) < 4.78 is 95.1. The van der Waals surface area contributed by atoms with Crippen molar-refractivity contribution in [2.75, 3.05) is 10.6 Å². The fourth-order valence-electron chi connectivity index (χ4n) is 5.74. The number of rotatable bonds is 20. The zero-order chi connectivity index (χ0) is 47.4. The molecule has 0 aliphatic carbocycles. The molecule has 0 saturated carbocycles. The van der Waals surface area contributed by atoms with Crippen LogP contribution in [0.4, 0.5) is 23.3 Å². The molecule has 16 nitrogen and oxygen atoms in total. The van der Waals surface area contributed by atoms with Crippen LogP contribution in [0.5, 0.6) is 23.0 Å². The molecule has 0 aliphatic rings. The number of aromatic nitrogens is 4. The van der Waals surface area contributed by atoms with Crippen LogP contribution >= 0.6 is 48.2 Å². The Kier molecular flexibility index (Phi) is 15.7. The summed E-state index contributed by atoms with van der Waals surface area (Å²) in [5.41, 5.74) is 0.330. The highest BCUT2D eigenvalue weighted by Gasteiger charge is 2.20. The van der Waals surface area contributed by atoms with E-state index in [1.165, 1.54) is 36.4 Å². The van der Waals surface area contributed by atoms with Crippen molar-refractivity contribution in [2.45, 2.75) is 29.9 Å². The van der Waals surface area contributed by atoms with Crippen LogP contribution in [0.15, 0.2) is 200 Å². The number of nitrogens with zero attached hydrogens (tertiary/aromatic N) is 4. The Bertz CT molecular complexity index is 2920. The second-order valence-electron chi connectivity index (χ2n) is 13.7. The summed E-state index contributed by atoms with van der Waals surface area (Å²) in [4.78, 5) is 17.0. The van der Waals surface area contributed by atoms with Gasteiger partial charge < -0.3 is 27.4 Å². The first-order valence-electron chi connectivity index (χ1n) is 19.7. The first-order valence-corrected chi connectivity index (χ1v) is 25.6. The molecule has 0 aliphatic heterocycles. The van der Waals surface area contributed by atoms with Crippen molar-refractivity contribution in [3.8, 4) is 23.0 Å². The molecule has 0 fully saturated rings. The first kappa shape index (κ1) is 47.7. The maximum atomic E-state index is 12.8. The molecule has 0 amide bonds. The molecule has 22 heteroatoms. The summed E-state index contributed by atoms with van der Waals surface area (Å²) >= 11 is 3.87. The van der Waals surface area contributed by atoms with E-state index in [1.54, 1.807) is 60.7 Å². The van der Waals surface area contributed by atoms with Crippen molar-refractivity contribution in [1.29, 1.82) is 0 Å². The molecule has 0 saturated heterocycles. The summed E-state index contributed by atoms with van der Waals surface area (Å²) in [7, 11) is -9.74. The lowest BCUT2D eigenvalue weighted by molar-refractivity contribution is 0.480. The maximum Gasteiger partial charge on any atom is 0.295 e. The van der Waals surface area contributed by atoms with Crippen LogP contribution in [0.1, 0.15) is 11.1 Å². The average Bonchev–Trinajstić information content (AvgIpc) is 3.34. The molecule has 0 radical (unpaired) electrons. The summed E-state index contributed by atoms with van der Waals surface area (Å²) in [5, 5.41) is 7.52. The molecule has 6 aromatic carbocycles. The van der Waals surface area contributed by atoms with E-state index >= 15 is 0 Å². The minimum atomic E-state index is -4.87. The van der Waals surface area contributed by atoms with Crippen molar-refractivity contribution < 1.29 is 42.7 Å². The number of benzene rings is 6. The average molecular weight is 1020 g/mol. The molecule has 2 heterocycles. The molecule has 8 aromatic rings. The SMILES string of the molecule is O=S(=O)(O)c1cc(Nc2nc(SOc3ccccc3)cc(SOc3ccccc3)n2)ccc1C=Cc1ccc(Nc2nc(SOc3ccccc3)cc(SOc3ccccc3)n2)cc1S(=O)(=O)O. The van der Waals surface area contributed by atoms with Crippen LogP contribution in [0, 0.1) is 0 Å². The third kappa shape index (κ3) is 13.9. The topological polar surface area (TPSA) is 221 Å². The van der Waals surface area contributed by atoms with Gasteiger partial charge in [0.05, 0.1) is 0 Å². The molecule has 0 unspecified atom stereocenters. The number of nitrogens with one attached hydrogen (secondary N) is 2. The lowest BCUT2D eigenvalue weighted by atomic mass is 10.1. The minimum Gasteiger partial charge on any atom is -0.419 e. The Morgan fingerprint density at radius 3 is 0.941 bits per heavy atom. The third-order valence-electron chi connectivity index (χ3n) is 8.76. The van der Waals surface area contributed by atoms with Gasteiger partial charge in [-0.1, -0.05) is 97.1 Å². The van der Waals surface area contributed by atoms with Crippen LogP contribution in [0.3, 0.4) is 0 Å². The Labute approximate surface area is 408 Å². The summed E-state index contributed by atoms with van der Waals surface area (Å²) in [5.74, 6) is 2.43. The highest BCUT2D eigenvalue weighted by atomic mass is 32.2. The Morgan fingerprint density at radius 1 is 0.397 bits per heavy atom. The van der Waals surface area contributed by atoms with E-state index in [0.29, 0.717) is 43.1 Å². The number of para-hydroxylation sites is 4. The standard InChI is InChI=1S/C46H34N6O10S6/c53-67(54,55)39-27-33(47-45-49-41(63-59-35-13-5-1-6-14-35)29-42(50-45)64-60-36-15-7-2-8-16-36)25-23-31(39)21-22-32-24-26-34(28-40(32)68(56,57)58)48-46-51-43(65-61-37-17-9-3-10-18-37)30-44(52-46)66-62-38-19-11-4-12-20-38/h1-30H,(H,47,49,50)(H,48,51,52)(H,53,54,55)(H,56,57,58). The van der Waals surface area contributed by atoms with Gasteiger partial charge >= 0.3 is 0 Å². The van der Waals surface area contributed by atoms with Gasteiger partial charge in [-0.3, -0.25) is 9.11 Å². The van der Waals surface area contributed by atoms with Crippen LogP contribution in [-0.2, 0) is 20.2 Å². The number of hydrogen-bond acceptors (Lipinski definition) is 18. The predicted octanol–water partition coefficient (Wildman–Crippen LogP) is 11.8. The molecular weight excluding hydrogens is 989 g/mol. The van der Waals surface area contributed by atoms with Crippen LogP contribution in [0.2, 0.25) is 0 Å². The number of anilines is 4. The van der Waals surface area contributed by atoms with Gasteiger partial charge in [-0.2, -0.15) is 16.8 Å². The third-order valence-corrected chi connectivity index (χ3v) is 13.2. The predicted molar refractivity (Wildman–Crippen MR) is 264 cm³/mol.